The number of hydrogen-bond acceptors (Lipinski definition) is 4. The van der Waals surface area contributed by atoms with Gasteiger partial charge in [-0.2, -0.15) is 0 Å². The molecule has 0 N–H and O–H groups in total. The fourth-order valence-corrected chi connectivity index (χ4v) is 4.52. The van der Waals surface area contributed by atoms with Gasteiger partial charge in [0.25, 0.3) is 11.8 Å². The number of rotatable bonds is 2. The molecule has 2 aromatic rings. The van der Waals surface area contributed by atoms with Crippen molar-refractivity contribution in [2.24, 2.45) is 0 Å². The van der Waals surface area contributed by atoms with Crippen LogP contribution in [0.15, 0.2) is 52.3 Å². The van der Waals surface area contributed by atoms with E-state index >= 15 is 0 Å². The molecule has 2 amide bonds. The second kappa shape index (κ2) is 7.99. The molecule has 0 aliphatic carbocycles. The summed E-state index contributed by atoms with van der Waals surface area (Å²) < 4.78 is 5.31. The Hall–Kier alpha value is -2.28. The van der Waals surface area contributed by atoms with Crippen LogP contribution in [0.3, 0.4) is 0 Å². The molecule has 2 heterocycles. The van der Waals surface area contributed by atoms with E-state index in [1.165, 1.54) is 11.8 Å². The Balaban J connectivity index is 1.62. The Labute approximate surface area is 172 Å². The summed E-state index contributed by atoms with van der Waals surface area (Å²) in [6.45, 7) is 2.29. The number of ether oxygens (including phenoxy) is 1. The van der Waals surface area contributed by atoms with Crippen molar-refractivity contribution in [1.82, 2.24) is 4.90 Å². The number of amides is 2. The summed E-state index contributed by atoms with van der Waals surface area (Å²) in [5.41, 5.74) is 2.21. The van der Waals surface area contributed by atoms with E-state index in [9.17, 15) is 9.59 Å². The van der Waals surface area contributed by atoms with E-state index in [1.807, 2.05) is 36.4 Å². The highest BCUT2D eigenvalue weighted by molar-refractivity contribution is 8.04. The van der Waals surface area contributed by atoms with Gasteiger partial charge in [0, 0.05) is 35.6 Å². The summed E-state index contributed by atoms with van der Waals surface area (Å²) >= 11 is 7.45. The molecule has 28 heavy (non-hydrogen) atoms. The Morgan fingerprint density at radius 2 is 1.96 bits per heavy atom. The Bertz CT molecular complexity index is 970. The first-order valence-corrected chi connectivity index (χ1v) is 10.2. The largest absolute Gasteiger partial charge is 0.378 e. The predicted molar refractivity (Wildman–Crippen MR) is 112 cm³/mol. The van der Waals surface area contributed by atoms with Gasteiger partial charge < -0.3 is 14.5 Å². The van der Waals surface area contributed by atoms with Crippen LogP contribution in [0.4, 0.5) is 5.69 Å². The van der Waals surface area contributed by atoms with Crippen molar-refractivity contribution in [3.63, 3.8) is 0 Å². The van der Waals surface area contributed by atoms with Crippen molar-refractivity contribution in [3.8, 4) is 0 Å². The van der Waals surface area contributed by atoms with Gasteiger partial charge in [-0.25, -0.2) is 0 Å². The SMILES string of the molecule is CN1C(=O)/C(=C/c2cccc(Cl)c2)Sc2ccc(C(=O)N3CCOCC3)cc21. The van der Waals surface area contributed by atoms with Gasteiger partial charge in [0.2, 0.25) is 0 Å². The minimum atomic E-state index is -0.103. The Kier molecular flexibility index (Phi) is 5.44. The lowest BCUT2D eigenvalue weighted by Crippen LogP contribution is -2.40. The second-order valence-electron chi connectivity index (χ2n) is 6.62. The zero-order chi connectivity index (χ0) is 19.7. The molecule has 0 aromatic heterocycles. The van der Waals surface area contributed by atoms with Gasteiger partial charge in [0.05, 0.1) is 23.8 Å². The number of carbonyl (C=O) groups excluding carboxylic acids is 2. The van der Waals surface area contributed by atoms with Crippen molar-refractivity contribution in [2.45, 2.75) is 4.90 Å². The summed E-state index contributed by atoms with van der Waals surface area (Å²) in [7, 11) is 1.73. The monoisotopic (exact) mass is 414 g/mol. The van der Waals surface area contributed by atoms with E-state index in [4.69, 9.17) is 16.3 Å². The molecule has 1 fully saturated rings. The number of fused-ring (bicyclic) bond motifs is 1. The topological polar surface area (TPSA) is 49.9 Å². The van der Waals surface area contributed by atoms with Crippen molar-refractivity contribution in [1.29, 1.82) is 0 Å². The Morgan fingerprint density at radius 3 is 2.71 bits per heavy atom. The second-order valence-corrected chi connectivity index (χ2v) is 8.14. The fourth-order valence-electron chi connectivity index (χ4n) is 3.22. The van der Waals surface area contributed by atoms with E-state index in [1.54, 1.807) is 29.0 Å². The van der Waals surface area contributed by atoms with Gasteiger partial charge in [0.1, 0.15) is 0 Å². The molecule has 2 aromatic carbocycles. The molecule has 5 nitrogen and oxygen atoms in total. The van der Waals surface area contributed by atoms with E-state index in [0.29, 0.717) is 41.8 Å². The molecule has 0 spiro atoms. The van der Waals surface area contributed by atoms with Crippen LogP contribution in [0.1, 0.15) is 15.9 Å². The summed E-state index contributed by atoms with van der Waals surface area (Å²) in [6.07, 6.45) is 1.84. The van der Waals surface area contributed by atoms with Crippen molar-refractivity contribution in [3.05, 3.63) is 63.5 Å². The van der Waals surface area contributed by atoms with Gasteiger partial charge in [0.15, 0.2) is 0 Å². The van der Waals surface area contributed by atoms with Gasteiger partial charge in [-0.05, 0) is 42.0 Å². The molecule has 7 heteroatoms. The lowest BCUT2D eigenvalue weighted by atomic mass is 10.1. The minimum Gasteiger partial charge on any atom is -0.378 e. The van der Waals surface area contributed by atoms with Crippen molar-refractivity contribution < 1.29 is 14.3 Å². The third kappa shape index (κ3) is 3.81. The number of carbonyl (C=O) groups is 2. The van der Waals surface area contributed by atoms with Crippen molar-refractivity contribution in [2.75, 3.05) is 38.3 Å². The highest BCUT2D eigenvalue weighted by Crippen LogP contribution is 2.42. The zero-order valence-corrected chi connectivity index (χ0v) is 16.9. The van der Waals surface area contributed by atoms with Gasteiger partial charge in [-0.1, -0.05) is 35.5 Å². The highest BCUT2D eigenvalue weighted by Gasteiger charge is 2.28. The number of halogens is 1. The number of benzene rings is 2. The molecule has 1 saturated heterocycles. The van der Waals surface area contributed by atoms with E-state index in [-0.39, 0.29) is 11.8 Å². The first-order chi connectivity index (χ1) is 13.5. The van der Waals surface area contributed by atoms with E-state index in [2.05, 4.69) is 0 Å². The molecule has 2 aliphatic heterocycles. The quantitative estimate of drug-likeness (QED) is 0.699. The summed E-state index contributed by atoms with van der Waals surface area (Å²) in [5.74, 6) is -0.134. The molecule has 144 valence electrons. The average Bonchev–Trinajstić information content (AvgIpc) is 2.72. The van der Waals surface area contributed by atoms with Crippen LogP contribution in [-0.2, 0) is 9.53 Å². The molecule has 0 unspecified atom stereocenters. The molecule has 0 radical (unpaired) electrons. The average molecular weight is 415 g/mol. The maximum Gasteiger partial charge on any atom is 0.264 e. The molecule has 2 aliphatic rings. The number of hydrogen-bond donors (Lipinski definition) is 0. The minimum absolute atomic E-state index is 0.0304. The van der Waals surface area contributed by atoms with Crippen LogP contribution >= 0.6 is 23.4 Å². The van der Waals surface area contributed by atoms with Crippen molar-refractivity contribution >= 4 is 46.9 Å². The number of nitrogens with zero attached hydrogens (tertiary/aromatic N) is 2. The van der Waals surface area contributed by atoms with Gasteiger partial charge >= 0.3 is 0 Å². The van der Waals surface area contributed by atoms with E-state index < -0.39 is 0 Å². The summed E-state index contributed by atoms with van der Waals surface area (Å²) in [6, 6.07) is 12.9. The number of likely N-dealkylation sites (N-methyl/N-ethyl adjacent to an activating group) is 1. The molecular formula is C21H19ClN2O3S. The summed E-state index contributed by atoms with van der Waals surface area (Å²) in [5, 5.41) is 0.627. The lowest BCUT2D eigenvalue weighted by Gasteiger charge is -2.29. The Morgan fingerprint density at radius 1 is 1.18 bits per heavy atom. The van der Waals surface area contributed by atoms with Crippen LogP contribution in [0.25, 0.3) is 6.08 Å². The molecule has 0 saturated carbocycles. The van der Waals surface area contributed by atoms with Gasteiger partial charge in [-0.3, -0.25) is 9.59 Å². The molecule has 0 atom stereocenters. The van der Waals surface area contributed by atoms with Gasteiger partial charge in [-0.15, -0.1) is 0 Å². The number of morpholine rings is 1. The smallest absolute Gasteiger partial charge is 0.264 e. The first kappa shape index (κ1) is 19.1. The van der Waals surface area contributed by atoms with Crippen LogP contribution in [0, 0.1) is 0 Å². The van der Waals surface area contributed by atoms with E-state index in [0.717, 1.165) is 16.1 Å². The first-order valence-electron chi connectivity index (χ1n) is 8.97. The van der Waals surface area contributed by atoms with Crippen LogP contribution in [0.5, 0.6) is 0 Å². The normalized spacial score (nSPS) is 18.4. The molecule has 4 rings (SSSR count). The third-order valence-electron chi connectivity index (χ3n) is 4.75. The highest BCUT2D eigenvalue weighted by atomic mass is 35.5. The zero-order valence-electron chi connectivity index (χ0n) is 15.4. The van der Waals surface area contributed by atoms with Crippen LogP contribution in [-0.4, -0.2) is 50.1 Å². The maximum absolute atomic E-state index is 12.9. The molecular weight excluding hydrogens is 396 g/mol. The van der Waals surface area contributed by atoms with Crippen LogP contribution in [0.2, 0.25) is 5.02 Å². The van der Waals surface area contributed by atoms with Crippen LogP contribution < -0.4 is 4.90 Å². The predicted octanol–water partition coefficient (Wildman–Crippen LogP) is 3.92. The maximum atomic E-state index is 12.9. The summed E-state index contributed by atoms with van der Waals surface area (Å²) in [4.78, 5) is 30.5. The fraction of sp³-hybridized carbons (Fsp3) is 0.238. The molecule has 0 bridgehead atoms. The lowest BCUT2D eigenvalue weighted by molar-refractivity contribution is -0.114. The number of anilines is 1. The standard InChI is InChI=1S/C21H19ClN2O3S/c1-23-17-13-15(20(25)24-7-9-27-10-8-24)5-6-18(17)28-19(21(23)26)12-14-3-2-4-16(22)11-14/h2-6,11-13H,7-10H2,1H3/b19-12-. The third-order valence-corrected chi connectivity index (χ3v) is 6.06. The number of thioether (sulfide) groups is 1.